The van der Waals surface area contributed by atoms with Gasteiger partial charge in [-0.2, -0.15) is 5.26 Å². The van der Waals surface area contributed by atoms with Gasteiger partial charge in [-0.1, -0.05) is 0 Å². The predicted octanol–water partition coefficient (Wildman–Crippen LogP) is 3.28. The van der Waals surface area contributed by atoms with Gasteiger partial charge in [-0.05, 0) is 42.0 Å². The van der Waals surface area contributed by atoms with Crippen molar-refractivity contribution in [2.24, 2.45) is 0 Å². The quantitative estimate of drug-likeness (QED) is 0.773. The molecule has 3 aromatic rings. The fourth-order valence-electron chi connectivity index (χ4n) is 2.83. The minimum atomic E-state index is -1.02. The molecule has 0 unspecified atom stereocenters. The van der Waals surface area contributed by atoms with Crippen molar-refractivity contribution in [2.75, 3.05) is 14.2 Å². The van der Waals surface area contributed by atoms with Crippen LogP contribution in [0.2, 0.25) is 0 Å². The van der Waals surface area contributed by atoms with Crippen molar-refractivity contribution in [1.29, 1.82) is 5.26 Å². The Morgan fingerprint density at radius 2 is 1.80 bits per heavy atom. The highest BCUT2D eigenvalue weighted by atomic mass is 16.5. The fourth-order valence-corrected chi connectivity index (χ4v) is 2.83. The van der Waals surface area contributed by atoms with Crippen molar-refractivity contribution in [3.8, 4) is 17.6 Å². The number of methoxy groups -OCH3 is 2. The van der Waals surface area contributed by atoms with Gasteiger partial charge in [-0.3, -0.25) is 0 Å². The molecule has 0 aliphatic heterocycles. The van der Waals surface area contributed by atoms with Crippen LogP contribution >= 0.6 is 0 Å². The number of hydrogen-bond acceptors (Lipinski definition) is 4. The zero-order chi connectivity index (χ0) is 18.0. The third-order valence-electron chi connectivity index (χ3n) is 4.00. The average Bonchev–Trinajstić information content (AvgIpc) is 2.99. The lowest BCUT2D eigenvalue weighted by molar-refractivity contribution is 0.0686. The number of rotatable bonds is 5. The molecule has 1 heterocycles. The molecule has 0 aliphatic carbocycles. The van der Waals surface area contributed by atoms with Crippen molar-refractivity contribution in [2.45, 2.75) is 6.54 Å². The molecule has 0 fully saturated rings. The molecule has 3 rings (SSSR count). The first-order valence-corrected chi connectivity index (χ1v) is 7.54. The van der Waals surface area contributed by atoms with Crippen LogP contribution in [-0.2, 0) is 6.54 Å². The molecule has 0 saturated carbocycles. The summed E-state index contributed by atoms with van der Waals surface area (Å²) in [5.74, 6) is 0.244. The number of carbonyl (C=O) groups is 1. The lowest BCUT2D eigenvalue weighted by atomic mass is 10.1. The number of aromatic carboxylic acids is 1. The summed E-state index contributed by atoms with van der Waals surface area (Å²) in [6, 6.07) is 14.2. The molecule has 0 amide bonds. The van der Waals surface area contributed by atoms with Crippen molar-refractivity contribution >= 4 is 16.9 Å². The zero-order valence-corrected chi connectivity index (χ0v) is 13.8. The van der Waals surface area contributed by atoms with E-state index in [-0.39, 0.29) is 5.69 Å². The van der Waals surface area contributed by atoms with E-state index >= 15 is 0 Å². The van der Waals surface area contributed by atoms with Crippen LogP contribution in [0.5, 0.6) is 11.5 Å². The topological polar surface area (TPSA) is 84.5 Å². The van der Waals surface area contributed by atoms with Gasteiger partial charge >= 0.3 is 5.97 Å². The molecule has 6 nitrogen and oxygen atoms in total. The van der Waals surface area contributed by atoms with Gasteiger partial charge in [0.1, 0.15) is 17.2 Å². The normalized spacial score (nSPS) is 10.4. The summed E-state index contributed by atoms with van der Waals surface area (Å²) in [4.78, 5) is 11.6. The lowest BCUT2D eigenvalue weighted by Crippen LogP contribution is -2.09. The van der Waals surface area contributed by atoms with Gasteiger partial charge in [-0.15, -0.1) is 0 Å². The SMILES string of the molecule is COc1cc(Cn2c(C(=O)O)cc3cc(C#N)ccc32)cc(OC)c1. The summed E-state index contributed by atoms with van der Waals surface area (Å²) in [7, 11) is 3.13. The monoisotopic (exact) mass is 336 g/mol. The van der Waals surface area contributed by atoms with Crippen molar-refractivity contribution in [3.05, 3.63) is 59.3 Å². The average molecular weight is 336 g/mol. The lowest BCUT2D eigenvalue weighted by Gasteiger charge is -2.12. The van der Waals surface area contributed by atoms with Crippen molar-refractivity contribution in [1.82, 2.24) is 4.57 Å². The van der Waals surface area contributed by atoms with Gasteiger partial charge < -0.3 is 19.1 Å². The van der Waals surface area contributed by atoms with Crippen molar-refractivity contribution in [3.63, 3.8) is 0 Å². The largest absolute Gasteiger partial charge is 0.497 e. The van der Waals surface area contributed by atoms with E-state index in [4.69, 9.17) is 14.7 Å². The summed E-state index contributed by atoms with van der Waals surface area (Å²) in [6.07, 6.45) is 0. The van der Waals surface area contributed by atoms with Crippen LogP contribution in [0.1, 0.15) is 21.6 Å². The van der Waals surface area contributed by atoms with E-state index in [0.29, 0.717) is 29.0 Å². The zero-order valence-electron chi connectivity index (χ0n) is 13.8. The second kappa shape index (κ2) is 6.57. The number of carboxylic acid groups (broad SMARTS) is 1. The molecular formula is C19H16N2O4. The number of nitriles is 1. The van der Waals surface area contributed by atoms with E-state index in [1.165, 1.54) is 0 Å². The smallest absolute Gasteiger partial charge is 0.352 e. The molecular weight excluding hydrogens is 320 g/mol. The predicted molar refractivity (Wildman–Crippen MR) is 92.3 cm³/mol. The second-order valence-electron chi connectivity index (χ2n) is 5.53. The Hall–Kier alpha value is -3.46. The van der Waals surface area contributed by atoms with E-state index in [1.54, 1.807) is 49.1 Å². The molecule has 1 N–H and O–H groups in total. The molecule has 25 heavy (non-hydrogen) atoms. The van der Waals surface area contributed by atoms with Crippen LogP contribution in [0.4, 0.5) is 0 Å². The highest BCUT2D eigenvalue weighted by Gasteiger charge is 2.16. The Balaban J connectivity index is 2.13. The Morgan fingerprint density at radius 1 is 1.12 bits per heavy atom. The van der Waals surface area contributed by atoms with E-state index in [9.17, 15) is 9.90 Å². The summed E-state index contributed by atoms with van der Waals surface area (Å²) < 4.78 is 12.2. The van der Waals surface area contributed by atoms with Crippen LogP contribution in [0.15, 0.2) is 42.5 Å². The number of fused-ring (bicyclic) bond motifs is 1. The second-order valence-corrected chi connectivity index (χ2v) is 5.53. The number of hydrogen-bond donors (Lipinski definition) is 1. The maximum atomic E-state index is 11.6. The highest BCUT2D eigenvalue weighted by molar-refractivity contribution is 5.95. The Labute approximate surface area is 144 Å². The minimum absolute atomic E-state index is 0.159. The number of benzene rings is 2. The molecule has 0 spiro atoms. The molecule has 0 bridgehead atoms. The number of nitrogens with zero attached hydrogens (tertiary/aromatic N) is 2. The van der Waals surface area contributed by atoms with Crippen LogP contribution in [0, 0.1) is 11.3 Å². The van der Waals surface area contributed by atoms with Gasteiger partial charge in [0.25, 0.3) is 0 Å². The van der Waals surface area contributed by atoms with E-state index < -0.39 is 5.97 Å². The molecule has 0 saturated heterocycles. The third kappa shape index (κ3) is 3.12. The molecule has 0 radical (unpaired) electrons. The van der Waals surface area contributed by atoms with E-state index in [0.717, 1.165) is 11.1 Å². The Kier molecular flexibility index (Phi) is 4.31. The number of aromatic nitrogens is 1. The van der Waals surface area contributed by atoms with E-state index in [2.05, 4.69) is 6.07 Å². The van der Waals surface area contributed by atoms with Gasteiger partial charge in [0.2, 0.25) is 0 Å². The minimum Gasteiger partial charge on any atom is -0.497 e. The highest BCUT2D eigenvalue weighted by Crippen LogP contribution is 2.26. The molecule has 6 heteroatoms. The number of carboxylic acids is 1. The Bertz CT molecular complexity index is 976. The fraction of sp³-hybridized carbons (Fsp3) is 0.158. The molecule has 0 atom stereocenters. The molecule has 0 aliphatic rings. The van der Waals surface area contributed by atoms with Gasteiger partial charge in [0.15, 0.2) is 0 Å². The Morgan fingerprint density at radius 3 is 2.36 bits per heavy atom. The van der Waals surface area contributed by atoms with Gasteiger partial charge in [0.05, 0.1) is 25.9 Å². The van der Waals surface area contributed by atoms with Crippen LogP contribution in [0.25, 0.3) is 10.9 Å². The standard InChI is InChI=1S/C19H16N2O4/c1-24-15-6-13(7-16(9-15)25-2)11-21-17-4-3-12(10-20)5-14(17)8-18(21)19(22)23/h3-9H,11H2,1-2H3,(H,22,23). The third-order valence-corrected chi connectivity index (χ3v) is 4.00. The van der Waals surface area contributed by atoms with Gasteiger partial charge in [0, 0.05) is 23.5 Å². The first-order chi connectivity index (χ1) is 12.0. The summed E-state index contributed by atoms with van der Waals surface area (Å²) in [5, 5.41) is 19.3. The van der Waals surface area contributed by atoms with Crippen molar-refractivity contribution < 1.29 is 19.4 Å². The van der Waals surface area contributed by atoms with Crippen LogP contribution < -0.4 is 9.47 Å². The molecule has 2 aromatic carbocycles. The molecule has 126 valence electrons. The van der Waals surface area contributed by atoms with Crippen LogP contribution in [-0.4, -0.2) is 29.9 Å². The first kappa shape index (κ1) is 16.4. The summed E-state index contributed by atoms with van der Waals surface area (Å²) in [5.41, 5.74) is 2.25. The van der Waals surface area contributed by atoms with E-state index in [1.807, 2.05) is 12.1 Å². The van der Waals surface area contributed by atoms with Crippen LogP contribution in [0.3, 0.4) is 0 Å². The first-order valence-electron chi connectivity index (χ1n) is 7.54. The summed E-state index contributed by atoms with van der Waals surface area (Å²) in [6.45, 7) is 0.338. The molecule has 1 aromatic heterocycles. The number of ether oxygens (including phenoxy) is 2. The summed E-state index contributed by atoms with van der Waals surface area (Å²) >= 11 is 0. The maximum Gasteiger partial charge on any atom is 0.352 e. The van der Waals surface area contributed by atoms with Gasteiger partial charge in [-0.25, -0.2) is 4.79 Å². The maximum absolute atomic E-state index is 11.6.